The van der Waals surface area contributed by atoms with E-state index in [1.54, 1.807) is 29.9 Å². The van der Waals surface area contributed by atoms with E-state index in [1.807, 2.05) is 23.6 Å². The topological polar surface area (TPSA) is 90.6 Å². The minimum atomic E-state index is -0.283. The van der Waals surface area contributed by atoms with Gasteiger partial charge in [-0.3, -0.25) is 10.1 Å². The lowest BCUT2D eigenvalue weighted by atomic mass is 10.1. The van der Waals surface area contributed by atoms with Crippen LogP contribution in [0.5, 0.6) is 11.5 Å². The molecule has 0 saturated heterocycles. The maximum absolute atomic E-state index is 12.8. The molecule has 28 heavy (non-hydrogen) atoms. The van der Waals surface area contributed by atoms with Gasteiger partial charge in [0.1, 0.15) is 18.8 Å². The number of anilines is 1. The van der Waals surface area contributed by atoms with Crippen molar-refractivity contribution in [2.45, 2.75) is 6.92 Å². The molecule has 3 aromatic heterocycles. The molecule has 0 radical (unpaired) electrons. The van der Waals surface area contributed by atoms with Crippen molar-refractivity contribution >= 4 is 28.0 Å². The zero-order chi connectivity index (χ0) is 19.1. The lowest BCUT2D eigenvalue weighted by Crippen LogP contribution is -2.15. The Kier molecular flexibility index (Phi) is 3.94. The van der Waals surface area contributed by atoms with Gasteiger partial charge in [-0.05, 0) is 31.2 Å². The van der Waals surface area contributed by atoms with Crippen molar-refractivity contribution in [1.82, 2.24) is 19.6 Å². The summed E-state index contributed by atoms with van der Waals surface area (Å²) in [5.41, 5.74) is 3.22. The Hall–Kier alpha value is -3.46. The van der Waals surface area contributed by atoms with Gasteiger partial charge in [-0.25, -0.2) is 14.5 Å². The molecule has 1 N–H and O–H groups in total. The van der Waals surface area contributed by atoms with Crippen molar-refractivity contribution in [2.24, 2.45) is 0 Å². The fourth-order valence-electron chi connectivity index (χ4n) is 3.09. The molecule has 140 valence electrons. The molecule has 1 aliphatic rings. The Morgan fingerprint density at radius 1 is 1.25 bits per heavy atom. The molecule has 1 aliphatic heterocycles. The van der Waals surface area contributed by atoms with Crippen LogP contribution >= 0.6 is 11.3 Å². The van der Waals surface area contributed by atoms with E-state index in [4.69, 9.17) is 9.47 Å². The van der Waals surface area contributed by atoms with Gasteiger partial charge in [0.15, 0.2) is 22.3 Å². The summed E-state index contributed by atoms with van der Waals surface area (Å²) < 4.78 is 12.8. The van der Waals surface area contributed by atoms with Gasteiger partial charge in [-0.1, -0.05) is 0 Å². The van der Waals surface area contributed by atoms with Gasteiger partial charge in [0.05, 0.1) is 11.4 Å². The SMILES string of the molecule is Cc1nn2cccnc2c1C(=O)Nc1nc(-c2ccc3c(c2)OCCO3)cs1. The van der Waals surface area contributed by atoms with E-state index in [0.29, 0.717) is 41.0 Å². The van der Waals surface area contributed by atoms with Crippen molar-refractivity contribution in [3.05, 3.63) is 53.3 Å². The van der Waals surface area contributed by atoms with E-state index in [2.05, 4.69) is 20.4 Å². The van der Waals surface area contributed by atoms with Crippen molar-refractivity contribution in [1.29, 1.82) is 0 Å². The molecule has 0 aliphatic carbocycles. The highest BCUT2D eigenvalue weighted by molar-refractivity contribution is 7.14. The maximum Gasteiger partial charge on any atom is 0.263 e. The molecule has 4 heterocycles. The van der Waals surface area contributed by atoms with Crippen molar-refractivity contribution in [3.63, 3.8) is 0 Å². The number of fused-ring (bicyclic) bond motifs is 2. The van der Waals surface area contributed by atoms with Crippen LogP contribution in [-0.2, 0) is 0 Å². The first-order chi connectivity index (χ1) is 13.7. The summed E-state index contributed by atoms with van der Waals surface area (Å²) in [6, 6.07) is 7.46. The second-order valence-electron chi connectivity index (χ2n) is 6.20. The lowest BCUT2D eigenvalue weighted by molar-refractivity contribution is 0.102. The highest BCUT2D eigenvalue weighted by atomic mass is 32.1. The number of hydrogen-bond donors (Lipinski definition) is 1. The van der Waals surface area contributed by atoms with E-state index < -0.39 is 0 Å². The summed E-state index contributed by atoms with van der Waals surface area (Å²) in [5.74, 6) is 1.15. The molecule has 0 atom stereocenters. The molecule has 0 unspecified atom stereocenters. The van der Waals surface area contributed by atoms with Gasteiger partial charge in [-0.2, -0.15) is 5.10 Å². The van der Waals surface area contributed by atoms with Crippen LogP contribution in [0, 0.1) is 6.92 Å². The minimum Gasteiger partial charge on any atom is -0.486 e. The van der Waals surface area contributed by atoms with Crippen LogP contribution in [0.25, 0.3) is 16.9 Å². The summed E-state index contributed by atoms with van der Waals surface area (Å²) in [4.78, 5) is 21.6. The van der Waals surface area contributed by atoms with Crippen LogP contribution in [0.4, 0.5) is 5.13 Å². The number of nitrogens with one attached hydrogen (secondary N) is 1. The molecule has 1 amide bonds. The third-order valence-electron chi connectivity index (χ3n) is 4.36. The number of hydrogen-bond acceptors (Lipinski definition) is 7. The summed E-state index contributed by atoms with van der Waals surface area (Å²) in [6.45, 7) is 2.87. The summed E-state index contributed by atoms with van der Waals surface area (Å²) in [7, 11) is 0. The number of carbonyl (C=O) groups is 1. The number of carbonyl (C=O) groups excluding carboxylic acids is 1. The number of aromatic nitrogens is 4. The first-order valence-corrected chi connectivity index (χ1v) is 9.54. The predicted octanol–water partition coefficient (Wildman–Crippen LogP) is 3.18. The smallest absolute Gasteiger partial charge is 0.263 e. The fourth-order valence-corrected chi connectivity index (χ4v) is 3.80. The molecule has 0 bridgehead atoms. The summed E-state index contributed by atoms with van der Waals surface area (Å²) in [5, 5.41) is 9.56. The molecule has 1 aromatic carbocycles. The van der Waals surface area contributed by atoms with Gasteiger partial charge in [-0.15, -0.1) is 11.3 Å². The quantitative estimate of drug-likeness (QED) is 0.575. The Morgan fingerprint density at radius 3 is 3.00 bits per heavy atom. The first kappa shape index (κ1) is 16.7. The number of ether oxygens (including phenoxy) is 2. The fraction of sp³-hybridized carbons (Fsp3) is 0.158. The van der Waals surface area contributed by atoms with E-state index in [1.165, 1.54) is 11.3 Å². The Labute approximate surface area is 163 Å². The van der Waals surface area contributed by atoms with Crippen LogP contribution in [0.15, 0.2) is 42.0 Å². The van der Waals surface area contributed by atoms with Gasteiger partial charge >= 0.3 is 0 Å². The number of thiazole rings is 1. The lowest BCUT2D eigenvalue weighted by Gasteiger charge is -2.18. The largest absolute Gasteiger partial charge is 0.486 e. The molecule has 8 nitrogen and oxygen atoms in total. The number of nitrogens with zero attached hydrogens (tertiary/aromatic N) is 4. The number of aryl methyl sites for hydroxylation is 1. The normalized spacial score (nSPS) is 12.9. The van der Waals surface area contributed by atoms with Crippen molar-refractivity contribution in [3.8, 4) is 22.8 Å². The van der Waals surface area contributed by atoms with Crippen LogP contribution in [-0.4, -0.2) is 38.7 Å². The van der Waals surface area contributed by atoms with E-state index in [9.17, 15) is 4.79 Å². The zero-order valence-electron chi connectivity index (χ0n) is 14.9. The Bertz CT molecular complexity index is 1200. The Balaban J connectivity index is 1.41. The average molecular weight is 393 g/mol. The van der Waals surface area contributed by atoms with Crippen LogP contribution in [0.1, 0.15) is 16.1 Å². The molecular formula is C19H15N5O3S. The summed E-state index contributed by atoms with van der Waals surface area (Å²) in [6.07, 6.45) is 3.39. The van der Waals surface area contributed by atoms with Crippen molar-refractivity contribution < 1.29 is 14.3 Å². The molecular weight excluding hydrogens is 378 g/mol. The highest BCUT2D eigenvalue weighted by Crippen LogP contribution is 2.35. The second-order valence-corrected chi connectivity index (χ2v) is 7.06. The third-order valence-corrected chi connectivity index (χ3v) is 5.12. The molecule has 0 fully saturated rings. The maximum atomic E-state index is 12.8. The first-order valence-electron chi connectivity index (χ1n) is 8.66. The summed E-state index contributed by atoms with van der Waals surface area (Å²) >= 11 is 1.36. The van der Waals surface area contributed by atoms with E-state index >= 15 is 0 Å². The second kappa shape index (κ2) is 6.61. The standard InChI is InChI=1S/C19H15N5O3S/c1-11-16(17-20-5-2-6-24(17)23-11)18(25)22-19-21-13(10-28-19)12-3-4-14-15(9-12)27-8-7-26-14/h2-6,9-10H,7-8H2,1H3,(H,21,22,25). The van der Waals surface area contributed by atoms with Crippen LogP contribution in [0.2, 0.25) is 0 Å². The van der Waals surface area contributed by atoms with Crippen LogP contribution < -0.4 is 14.8 Å². The minimum absolute atomic E-state index is 0.283. The highest BCUT2D eigenvalue weighted by Gasteiger charge is 2.20. The van der Waals surface area contributed by atoms with E-state index in [0.717, 1.165) is 17.0 Å². The molecule has 9 heteroatoms. The number of benzene rings is 1. The average Bonchev–Trinajstić information content (AvgIpc) is 3.31. The zero-order valence-corrected chi connectivity index (χ0v) is 15.7. The molecule has 4 aromatic rings. The number of rotatable bonds is 3. The monoisotopic (exact) mass is 393 g/mol. The molecule has 5 rings (SSSR count). The predicted molar refractivity (Wildman–Crippen MR) is 104 cm³/mol. The van der Waals surface area contributed by atoms with Gasteiger partial charge < -0.3 is 9.47 Å². The van der Waals surface area contributed by atoms with Gasteiger partial charge in [0.25, 0.3) is 5.91 Å². The van der Waals surface area contributed by atoms with Gasteiger partial charge in [0.2, 0.25) is 0 Å². The number of amides is 1. The van der Waals surface area contributed by atoms with Crippen molar-refractivity contribution in [2.75, 3.05) is 18.5 Å². The molecule has 0 spiro atoms. The third kappa shape index (κ3) is 2.85. The molecule has 0 saturated carbocycles. The van der Waals surface area contributed by atoms with E-state index in [-0.39, 0.29) is 5.91 Å². The Morgan fingerprint density at radius 2 is 2.11 bits per heavy atom. The van der Waals surface area contributed by atoms with Crippen LogP contribution in [0.3, 0.4) is 0 Å². The van der Waals surface area contributed by atoms with Gasteiger partial charge in [0, 0.05) is 23.3 Å².